The Bertz CT molecular complexity index is 368. The molecule has 28 heavy (non-hydrogen) atoms. The van der Waals surface area contributed by atoms with E-state index in [1.165, 1.54) is 6.92 Å². The molecule has 0 amide bonds. The Morgan fingerprint density at radius 1 is 0.821 bits per heavy atom. The maximum absolute atomic E-state index is 10.2. The molecule has 0 aliphatic rings. The number of hydrogen-bond acceptors (Lipinski definition) is 12. The topological polar surface area (TPSA) is 300 Å². The van der Waals surface area contributed by atoms with E-state index in [9.17, 15) is 4.79 Å². The fourth-order valence-corrected chi connectivity index (χ4v) is 0.602. The van der Waals surface area contributed by atoms with E-state index in [1.54, 1.807) is 0 Å². The molecule has 0 aromatic rings. The summed E-state index contributed by atoms with van der Waals surface area (Å²) in [6.45, 7) is 0.688. The predicted octanol–water partition coefficient (Wildman–Crippen LogP) is -5.00. The van der Waals surface area contributed by atoms with Gasteiger partial charge in [0.05, 0.1) is 51.7 Å². The number of aliphatic hydroxyl groups is 8. The summed E-state index contributed by atoms with van der Waals surface area (Å²) in [5.41, 5.74) is 4.90. The minimum Gasteiger partial charge on any atom is -0.481 e. The standard InChI is InChI=1S/C6H13NO4.3C2H6O2.H2O4S/c1-3(6(10)11)2-4(8)5(7)9;3*3-1-2-4;1-5(2,3)4/h3-5,8-9H,2,7H2,1H3,(H,10,11);3*3-4H,1-2H2;(H2,1,2,3,4). The van der Waals surface area contributed by atoms with Gasteiger partial charge in [-0.15, -0.1) is 0 Å². The van der Waals surface area contributed by atoms with E-state index in [4.69, 9.17) is 69.2 Å². The van der Waals surface area contributed by atoms with Gasteiger partial charge in [0.1, 0.15) is 6.23 Å². The van der Waals surface area contributed by atoms with Gasteiger partial charge >= 0.3 is 16.4 Å². The van der Waals surface area contributed by atoms with Crippen molar-refractivity contribution in [3.05, 3.63) is 0 Å². The van der Waals surface area contributed by atoms with Gasteiger partial charge in [-0.1, -0.05) is 6.92 Å². The summed E-state index contributed by atoms with van der Waals surface area (Å²) in [7, 11) is -4.67. The molecule has 0 saturated heterocycles. The van der Waals surface area contributed by atoms with Gasteiger partial charge in [-0.05, 0) is 6.42 Å². The zero-order chi connectivity index (χ0) is 23.8. The lowest BCUT2D eigenvalue weighted by atomic mass is 10.0. The quantitative estimate of drug-likeness (QED) is 0.128. The maximum atomic E-state index is 10.2. The molecule has 0 bridgehead atoms. The summed E-state index contributed by atoms with van der Waals surface area (Å²) in [6.07, 6.45) is -2.56. The third kappa shape index (κ3) is 73.5. The van der Waals surface area contributed by atoms with E-state index < -0.39 is 34.6 Å². The normalized spacial score (nSPS) is 12.7. The summed E-state index contributed by atoms with van der Waals surface area (Å²) in [5, 5.41) is 71.6. The molecule has 0 saturated carbocycles. The maximum Gasteiger partial charge on any atom is 0.394 e. The molecule has 0 aromatic heterocycles. The Labute approximate surface area is 162 Å². The van der Waals surface area contributed by atoms with Crippen molar-refractivity contribution in [2.24, 2.45) is 11.7 Å². The van der Waals surface area contributed by atoms with Gasteiger partial charge in [-0.3, -0.25) is 13.9 Å². The largest absolute Gasteiger partial charge is 0.481 e. The van der Waals surface area contributed by atoms with Gasteiger partial charge < -0.3 is 51.7 Å². The van der Waals surface area contributed by atoms with Gasteiger partial charge in [0.15, 0.2) is 0 Å². The number of hydrogen-bond donors (Lipinski definition) is 12. The van der Waals surface area contributed by atoms with Gasteiger partial charge in [0, 0.05) is 0 Å². The van der Waals surface area contributed by atoms with Crippen LogP contribution in [0.2, 0.25) is 0 Å². The first-order valence-electron chi connectivity index (χ1n) is 7.39. The Hall–Kier alpha value is -1.02. The molecular weight excluding hydrogens is 414 g/mol. The molecule has 0 aliphatic carbocycles. The Morgan fingerprint density at radius 3 is 1.14 bits per heavy atom. The second kappa shape index (κ2) is 28.2. The van der Waals surface area contributed by atoms with Crippen LogP contribution in [-0.4, -0.2) is 121 Å². The van der Waals surface area contributed by atoms with E-state index in [2.05, 4.69) is 0 Å². The van der Waals surface area contributed by atoms with Crippen LogP contribution in [0.4, 0.5) is 0 Å². The van der Waals surface area contributed by atoms with Gasteiger partial charge in [0.25, 0.3) is 0 Å². The molecule has 0 aromatic carbocycles. The molecule has 0 aliphatic heterocycles. The molecule has 0 fully saturated rings. The van der Waals surface area contributed by atoms with Gasteiger partial charge in [-0.2, -0.15) is 8.42 Å². The molecule has 13 N–H and O–H groups in total. The second-order valence-corrected chi connectivity index (χ2v) is 5.22. The second-order valence-electron chi connectivity index (χ2n) is 4.32. The van der Waals surface area contributed by atoms with E-state index in [0.717, 1.165) is 0 Å². The number of carboxylic acid groups (broad SMARTS) is 1. The van der Waals surface area contributed by atoms with Gasteiger partial charge in [-0.25, -0.2) is 0 Å². The molecule has 3 unspecified atom stereocenters. The van der Waals surface area contributed by atoms with Crippen LogP contribution in [-0.2, 0) is 15.2 Å². The van der Waals surface area contributed by atoms with E-state index >= 15 is 0 Å². The van der Waals surface area contributed by atoms with Crippen LogP contribution in [0.1, 0.15) is 13.3 Å². The highest BCUT2D eigenvalue weighted by molar-refractivity contribution is 7.79. The van der Waals surface area contributed by atoms with Crippen LogP contribution in [0.5, 0.6) is 0 Å². The number of nitrogens with two attached hydrogens (primary N) is 1. The van der Waals surface area contributed by atoms with Crippen molar-refractivity contribution in [2.45, 2.75) is 25.7 Å². The van der Waals surface area contributed by atoms with Crippen molar-refractivity contribution in [2.75, 3.05) is 39.6 Å². The molecular formula is C12H33NO14S. The number of rotatable bonds is 7. The lowest BCUT2D eigenvalue weighted by Gasteiger charge is -2.15. The van der Waals surface area contributed by atoms with E-state index in [-0.39, 0.29) is 46.1 Å². The smallest absolute Gasteiger partial charge is 0.394 e. The molecule has 0 spiro atoms. The third-order valence-electron chi connectivity index (χ3n) is 1.71. The van der Waals surface area contributed by atoms with Crippen LogP contribution in [0.25, 0.3) is 0 Å². The van der Waals surface area contributed by atoms with Crippen molar-refractivity contribution >= 4 is 16.4 Å². The highest BCUT2D eigenvalue weighted by atomic mass is 32.3. The molecule has 16 heteroatoms. The van der Waals surface area contributed by atoms with E-state index in [1.807, 2.05) is 0 Å². The minimum atomic E-state index is -4.67. The highest BCUT2D eigenvalue weighted by Crippen LogP contribution is 2.06. The van der Waals surface area contributed by atoms with Crippen LogP contribution < -0.4 is 5.73 Å². The number of carbonyl (C=O) groups is 1. The summed E-state index contributed by atoms with van der Waals surface area (Å²) >= 11 is 0. The number of carboxylic acids is 1. The first-order valence-corrected chi connectivity index (χ1v) is 8.79. The first-order chi connectivity index (χ1) is 12.7. The zero-order valence-corrected chi connectivity index (χ0v) is 16.1. The van der Waals surface area contributed by atoms with Gasteiger partial charge in [0.2, 0.25) is 0 Å². The van der Waals surface area contributed by atoms with Crippen LogP contribution >= 0.6 is 0 Å². The summed E-state index contributed by atoms with van der Waals surface area (Å²) in [4.78, 5) is 10.2. The van der Waals surface area contributed by atoms with Crippen molar-refractivity contribution in [3.8, 4) is 0 Å². The molecule has 176 valence electrons. The van der Waals surface area contributed by atoms with Crippen LogP contribution in [0.15, 0.2) is 0 Å². The van der Waals surface area contributed by atoms with Crippen molar-refractivity contribution in [1.29, 1.82) is 0 Å². The Morgan fingerprint density at radius 2 is 1.04 bits per heavy atom. The minimum absolute atomic E-state index is 0.0347. The summed E-state index contributed by atoms with van der Waals surface area (Å²) in [5.74, 6) is -1.70. The molecule has 0 rings (SSSR count). The van der Waals surface area contributed by atoms with E-state index in [0.29, 0.717) is 0 Å². The molecule has 3 atom stereocenters. The first kappa shape index (κ1) is 37.7. The fourth-order valence-electron chi connectivity index (χ4n) is 0.602. The predicted molar refractivity (Wildman–Crippen MR) is 94.3 cm³/mol. The van der Waals surface area contributed by atoms with Crippen LogP contribution in [0.3, 0.4) is 0 Å². The number of aliphatic hydroxyl groups excluding tert-OH is 8. The molecule has 0 radical (unpaired) electrons. The average Bonchev–Trinajstić information content (AvgIpc) is 2.60. The summed E-state index contributed by atoms with van der Waals surface area (Å²) < 4.78 is 31.6. The highest BCUT2D eigenvalue weighted by Gasteiger charge is 2.19. The monoisotopic (exact) mass is 447 g/mol. The fraction of sp³-hybridized carbons (Fsp3) is 0.917. The Balaban J connectivity index is -0.0000000872. The van der Waals surface area contributed by atoms with Crippen molar-refractivity contribution in [3.63, 3.8) is 0 Å². The number of aliphatic carboxylic acids is 1. The van der Waals surface area contributed by atoms with Crippen LogP contribution in [0, 0.1) is 5.92 Å². The summed E-state index contributed by atoms with van der Waals surface area (Å²) in [6, 6.07) is 0. The molecule has 15 nitrogen and oxygen atoms in total. The van der Waals surface area contributed by atoms with Crippen molar-refractivity contribution < 1.29 is 68.3 Å². The zero-order valence-electron chi connectivity index (χ0n) is 15.3. The molecule has 0 heterocycles. The lowest BCUT2D eigenvalue weighted by Crippen LogP contribution is -2.36. The van der Waals surface area contributed by atoms with Crippen molar-refractivity contribution in [1.82, 2.24) is 0 Å². The third-order valence-corrected chi connectivity index (χ3v) is 1.71. The average molecular weight is 447 g/mol. The lowest BCUT2D eigenvalue weighted by molar-refractivity contribution is -0.142. The SMILES string of the molecule is CC(CC(O)C(N)O)C(=O)O.O=S(=O)(O)O.OCCO.OCCO.OCCO. The Kier molecular flexibility index (Phi) is 38.0.